The van der Waals surface area contributed by atoms with E-state index in [1.54, 1.807) is 6.07 Å². The van der Waals surface area contributed by atoms with Crippen LogP contribution in [0.15, 0.2) is 72.8 Å². The van der Waals surface area contributed by atoms with Crippen molar-refractivity contribution < 1.29 is 4.79 Å². The molecule has 29 heavy (non-hydrogen) atoms. The Hall–Kier alpha value is -2.92. The summed E-state index contributed by atoms with van der Waals surface area (Å²) >= 11 is 5.85. The monoisotopic (exact) mass is 406 g/mol. The fourth-order valence-corrected chi connectivity index (χ4v) is 3.89. The van der Waals surface area contributed by atoms with E-state index in [2.05, 4.69) is 44.7 Å². The maximum Gasteiger partial charge on any atom is 0.225 e. The van der Waals surface area contributed by atoms with E-state index in [1.807, 2.05) is 42.5 Å². The van der Waals surface area contributed by atoms with Crippen molar-refractivity contribution in [1.82, 2.24) is 15.5 Å². The van der Waals surface area contributed by atoms with Crippen LogP contribution in [-0.2, 0) is 4.79 Å². The Bertz CT molecular complexity index is 895. The molecule has 0 radical (unpaired) electrons. The summed E-state index contributed by atoms with van der Waals surface area (Å²) in [6, 6.07) is 23.6. The van der Waals surface area contributed by atoms with Crippen molar-refractivity contribution in [3.63, 3.8) is 0 Å². The molecule has 0 aliphatic carbocycles. The Kier molecular flexibility index (Phi) is 6.06. The third-order valence-corrected chi connectivity index (χ3v) is 5.49. The molecule has 6 heteroatoms. The number of hydrogen-bond acceptors (Lipinski definition) is 4. The smallest absolute Gasteiger partial charge is 0.225 e. The average Bonchev–Trinajstić information content (AvgIpc) is 2.79. The highest BCUT2D eigenvalue weighted by molar-refractivity contribution is 6.29. The molecule has 1 aromatic heterocycles. The second-order valence-corrected chi connectivity index (χ2v) is 7.65. The number of aromatic nitrogens is 2. The normalized spacial score (nSPS) is 16.6. The van der Waals surface area contributed by atoms with E-state index in [-0.39, 0.29) is 17.9 Å². The van der Waals surface area contributed by atoms with Crippen LogP contribution >= 0.6 is 11.6 Å². The predicted molar refractivity (Wildman–Crippen MR) is 115 cm³/mol. The molecule has 5 nitrogen and oxygen atoms in total. The topological polar surface area (TPSA) is 58.1 Å². The Labute approximate surface area is 175 Å². The molecular weight excluding hydrogens is 384 g/mol. The van der Waals surface area contributed by atoms with Gasteiger partial charge in [-0.25, -0.2) is 0 Å². The van der Waals surface area contributed by atoms with E-state index in [9.17, 15) is 4.79 Å². The van der Waals surface area contributed by atoms with Crippen LogP contribution in [0.3, 0.4) is 0 Å². The van der Waals surface area contributed by atoms with Crippen LogP contribution in [0.25, 0.3) is 0 Å². The molecule has 1 amide bonds. The third kappa shape index (κ3) is 4.74. The molecule has 1 saturated heterocycles. The molecule has 2 heterocycles. The summed E-state index contributed by atoms with van der Waals surface area (Å²) in [5, 5.41) is 11.7. The minimum atomic E-state index is -0.171. The standard InChI is InChI=1S/C23H23ClN4O/c24-20-13-14-21(27-26-20)28-15-7-12-19(16-28)23(29)25-22(17-8-3-1-4-9-17)18-10-5-2-6-11-18/h1-6,8-11,13-14,19,22H,7,12,15-16H2,(H,25,29). The van der Waals surface area contributed by atoms with E-state index in [0.29, 0.717) is 11.7 Å². The van der Waals surface area contributed by atoms with E-state index in [0.717, 1.165) is 36.3 Å². The zero-order valence-electron chi connectivity index (χ0n) is 16.0. The summed E-state index contributed by atoms with van der Waals surface area (Å²) in [4.78, 5) is 15.3. The second kappa shape index (κ2) is 9.05. The van der Waals surface area contributed by atoms with Gasteiger partial charge in [0.2, 0.25) is 5.91 Å². The van der Waals surface area contributed by atoms with E-state index in [1.165, 1.54) is 0 Å². The number of anilines is 1. The van der Waals surface area contributed by atoms with Gasteiger partial charge in [-0.3, -0.25) is 4.79 Å². The molecule has 1 atom stereocenters. The molecule has 0 bridgehead atoms. The molecule has 1 aliphatic heterocycles. The van der Waals surface area contributed by atoms with Crippen molar-refractivity contribution in [2.45, 2.75) is 18.9 Å². The summed E-state index contributed by atoms with van der Waals surface area (Å²) in [5.74, 6) is 0.722. The van der Waals surface area contributed by atoms with Gasteiger partial charge in [0.15, 0.2) is 11.0 Å². The maximum absolute atomic E-state index is 13.2. The highest BCUT2D eigenvalue weighted by atomic mass is 35.5. The van der Waals surface area contributed by atoms with Gasteiger partial charge in [-0.2, -0.15) is 0 Å². The fraction of sp³-hybridized carbons (Fsp3) is 0.261. The van der Waals surface area contributed by atoms with E-state index < -0.39 is 0 Å². The first kappa shape index (κ1) is 19.4. The van der Waals surface area contributed by atoms with Gasteiger partial charge < -0.3 is 10.2 Å². The minimum Gasteiger partial charge on any atom is -0.354 e. The van der Waals surface area contributed by atoms with Crippen molar-refractivity contribution in [2.24, 2.45) is 5.92 Å². The van der Waals surface area contributed by atoms with Crippen molar-refractivity contribution in [3.8, 4) is 0 Å². The zero-order valence-corrected chi connectivity index (χ0v) is 16.8. The summed E-state index contributed by atoms with van der Waals surface area (Å²) < 4.78 is 0. The molecule has 1 aliphatic rings. The van der Waals surface area contributed by atoms with Gasteiger partial charge in [-0.15, -0.1) is 10.2 Å². The highest BCUT2D eigenvalue weighted by Crippen LogP contribution is 2.25. The van der Waals surface area contributed by atoms with Crippen LogP contribution in [0.1, 0.15) is 30.0 Å². The number of nitrogens with one attached hydrogen (secondary N) is 1. The third-order valence-electron chi connectivity index (χ3n) is 5.29. The van der Waals surface area contributed by atoms with Crippen LogP contribution in [-0.4, -0.2) is 29.2 Å². The number of carbonyl (C=O) groups is 1. The Balaban J connectivity index is 1.50. The average molecular weight is 407 g/mol. The van der Waals surface area contributed by atoms with Crippen molar-refractivity contribution >= 4 is 23.3 Å². The van der Waals surface area contributed by atoms with Gasteiger partial charge >= 0.3 is 0 Å². The number of carbonyl (C=O) groups excluding carboxylic acids is 1. The van der Waals surface area contributed by atoms with Gasteiger partial charge in [-0.05, 0) is 36.1 Å². The quantitative estimate of drug-likeness (QED) is 0.688. The number of rotatable bonds is 5. The number of benzene rings is 2. The van der Waals surface area contributed by atoms with Crippen LogP contribution in [0.4, 0.5) is 5.82 Å². The maximum atomic E-state index is 13.2. The highest BCUT2D eigenvalue weighted by Gasteiger charge is 2.28. The van der Waals surface area contributed by atoms with Gasteiger partial charge in [0, 0.05) is 13.1 Å². The van der Waals surface area contributed by atoms with Gasteiger partial charge in [0.1, 0.15) is 0 Å². The first-order valence-corrected chi connectivity index (χ1v) is 10.2. The van der Waals surface area contributed by atoms with Gasteiger partial charge in [0.25, 0.3) is 0 Å². The first-order chi connectivity index (χ1) is 14.2. The van der Waals surface area contributed by atoms with Crippen LogP contribution in [0.5, 0.6) is 0 Å². The SMILES string of the molecule is O=C(NC(c1ccccc1)c1ccccc1)C1CCCN(c2ccc(Cl)nn2)C1. The molecule has 1 fully saturated rings. The van der Waals surface area contributed by atoms with Gasteiger partial charge in [-0.1, -0.05) is 72.3 Å². The van der Waals surface area contributed by atoms with Crippen LogP contribution in [0.2, 0.25) is 5.15 Å². The lowest BCUT2D eigenvalue weighted by Gasteiger charge is -2.33. The van der Waals surface area contributed by atoms with E-state index >= 15 is 0 Å². The molecule has 3 aromatic rings. The van der Waals surface area contributed by atoms with Crippen LogP contribution in [0, 0.1) is 5.92 Å². The Morgan fingerprint density at radius 3 is 2.21 bits per heavy atom. The number of piperidine rings is 1. The van der Waals surface area contributed by atoms with Crippen molar-refractivity contribution in [2.75, 3.05) is 18.0 Å². The lowest BCUT2D eigenvalue weighted by molar-refractivity contribution is -0.125. The van der Waals surface area contributed by atoms with E-state index in [4.69, 9.17) is 11.6 Å². The number of amides is 1. The Morgan fingerprint density at radius 2 is 1.62 bits per heavy atom. The summed E-state index contributed by atoms with van der Waals surface area (Å²) in [6.07, 6.45) is 1.80. The summed E-state index contributed by atoms with van der Waals surface area (Å²) in [7, 11) is 0. The number of nitrogens with zero attached hydrogens (tertiary/aromatic N) is 3. The first-order valence-electron chi connectivity index (χ1n) is 9.85. The molecule has 0 spiro atoms. The number of hydrogen-bond donors (Lipinski definition) is 1. The molecule has 2 aromatic carbocycles. The minimum absolute atomic E-state index is 0.0642. The number of halogens is 1. The molecule has 1 N–H and O–H groups in total. The predicted octanol–water partition coefficient (Wildman–Crippen LogP) is 4.25. The lowest BCUT2D eigenvalue weighted by atomic mass is 9.94. The Morgan fingerprint density at radius 1 is 0.966 bits per heavy atom. The zero-order chi connectivity index (χ0) is 20.1. The summed E-state index contributed by atoms with van der Waals surface area (Å²) in [5.41, 5.74) is 2.14. The van der Waals surface area contributed by atoms with Crippen LogP contribution < -0.4 is 10.2 Å². The molecule has 0 saturated carbocycles. The lowest BCUT2D eigenvalue weighted by Crippen LogP contribution is -2.44. The second-order valence-electron chi connectivity index (χ2n) is 7.26. The molecule has 4 rings (SSSR count). The molecular formula is C23H23ClN4O. The molecule has 1 unspecified atom stereocenters. The van der Waals surface area contributed by atoms with Crippen molar-refractivity contribution in [1.29, 1.82) is 0 Å². The fourth-order valence-electron chi connectivity index (χ4n) is 3.79. The summed E-state index contributed by atoms with van der Waals surface area (Å²) in [6.45, 7) is 1.49. The van der Waals surface area contributed by atoms with Crippen molar-refractivity contribution in [3.05, 3.63) is 89.1 Å². The largest absolute Gasteiger partial charge is 0.354 e. The molecule has 148 valence electrons. The van der Waals surface area contributed by atoms with Gasteiger partial charge in [0.05, 0.1) is 12.0 Å².